The van der Waals surface area contributed by atoms with Crippen LogP contribution in [0.3, 0.4) is 0 Å². The van der Waals surface area contributed by atoms with Crippen molar-refractivity contribution in [1.29, 1.82) is 0 Å². The van der Waals surface area contributed by atoms with Gasteiger partial charge in [-0.2, -0.15) is 0 Å². The smallest absolute Gasteiger partial charge is 0.328 e. The molecule has 1 heterocycles. The molecule has 9 heteroatoms. The van der Waals surface area contributed by atoms with E-state index in [2.05, 4.69) is 0 Å². The van der Waals surface area contributed by atoms with Gasteiger partial charge in [0.1, 0.15) is 35.9 Å². The number of carboxylic acid groups (broad SMARTS) is 1. The van der Waals surface area contributed by atoms with E-state index in [1.807, 2.05) is 0 Å². The molecule has 1 saturated heterocycles. The third kappa shape index (κ3) is 4.47. The van der Waals surface area contributed by atoms with Crippen molar-refractivity contribution in [2.24, 2.45) is 0 Å². The van der Waals surface area contributed by atoms with Crippen LogP contribution in [0.5, 0.6) is 11.5 Å². The monoisotopic (exact) mass is 356 g/mol. The summed E-state index contributed by atoms with van der Waals surface area (Å²) >= 11 is 0. The van der Waals surface area contributed by atoms with E-state index in [1.54, 1.807) is 6.07 Å². The Kier molecular flexibility index (Phi) is 6.34. The van der Waals surface area contributed by atoms with Gasteiger partial charge in [-0.3, -0.25) is 0 Å². The zero-order valence-electron chi connectivity index (χ0n) is 13.3. The summed E-state index contributed by atoms with van der Waals surface area (Å²) in [5.41, 5.74) is 0.361. The van der Waals surface area contributed by atoms with Gasteiger partial charge in [0.15, 0.2) is 0 Å². The number of hydrogen-bond donors (Lipinski definition) is 5. The molecular weight excluding hydrogens is 336 g/mol. The second-order valence-electron chi connectivity index (χ2n) is 5.39. The molecule has 138 valence electrons. The second kappa shape index (κ2) is 8.28. The molecule has 0 aliphatic carbocycles. The van der Waals surface area contributed by atoms with Crippen molar-refractivity contribution in [3.63, 3.8) is 0 Å². The molecule has 5 N–H and O–H groups in total. The fraction of sp³-hybridized carbons (Fsp3) is 0.438. The van der Waals surface area contributed by atoms with Crippen LogP contribution >= 0.6 is 0 Å². The molecule has 2 rings (SSSR count). The number of rotatable bonds is 6. The number of methoxy groups -OCH3 is 1. The Bertz CT molecular complexity index is 628. The molecule has 1 aliphatic rings. The summed E-state index contributed by atoms with van der Waals surface area (Å²) in [5, 5.41) is 47.6. The van der Waals surface area contributed by atoms with E-state index in [-0.39, 0.29) is 5.75 Å². The highest BCUT2D eigenvalue weighted by Crippen LogP contribution is 2.30. The Balaban J connectivity index is 2.29. The summed E-state index contributed by atoms with van der Waals surface area (Å²) in [6.45, 7) is -0.589. The van der Waals surface area contributed by atoms with Crippen LogP contribution < -0.4 is 9.47 Å². The number of aliphatic hydroxyl groups is 4. The molecule has 1 fully saturated rings. The lowest BCUT2D eigenvalue weighted by atomic mass is 9.99. The standard InChI is InChI=1S/C16H20O9/c1-23-9-4-2-8(3-5-12(18)19)10(6-9)24-16-15(22)14(21)13(20)11(7-17)25-16/h2-6,11,13-17,20-22H,7H2,1H3,(H,18,19)/b5-3+/t11-,13-,14+,15-,16?/m1/s1. The summed E-state index contributed by atoms with van der Waals surface area (Å²) in [4.78, 5) is 10.7. The Hall–Kier alpha value is -2.17. The summed E-state index contributed by atoms with van der Waals surface area (Å²) in [6.07, 6.45) is -4.99. The average molecular weight is 356 g/mol. The summed E-state index contributed by atoms with van der Waals surface area (Å²) in [6, 6.07) is 4.57. The quantitative estimate of drug-likeness (QED) is 0.404. The van der Waals surface area contributed by atoms with Crippen molar-refractivity contribution in [2.75, 3.05) is 13.7 Å². The maximum atomic E-state index is 10.7. The van der Waals surface area contributed by atoms with E-state index in [4.69, 9.17) is 19.3 Å². The van der Waals surface area contributed by atoms with Gasteiger partial charge in [0, 0.05) is 17.7 Å². The lowest BCUT2D eigenvalue weighted by molar-refractivity contribution is -0.277. The highest BCUT2D eigenvalue weighted by Gasteiger charge is 2.44. The van der Waals surface area contributed by atoms with Crippen LogP contribution in [0.4, 0.5) is 0 Å². The van der Waals surface area contributed by atoms with Crippen LogP contribution in [0.2, 0.25) is 0 Å². The normalized spacial score (nSPS) is 29.6. The van der Waals surface area contributed by atoms with Gasteiger partial charge in [0.25, 0.3) is 0 Å². The van der Waals surface area contributed by atoms with Gasteiger partial charge in [-0.1, -0.05) is 0 Å². The summed E-state index contributed by atoms with van der Waals surface area (Å²) in [7, 11) is 1.43. The molecule has 9 nitrogen and oxygen atoms in total. The van der Waals surface area contributed by atoms with Crippen molar-refractivity contribution in [2.45, 2.75) is 30.7 Å². The maximum absolute atomic E-state index is 10.7. The van der Waals surface area contributed by atoms with Crippen molar-refractivity contribution in [3.05, 3.63) is 29.8 Å². The second-order valence-corrected chi connectivity index (χ2v) is 5.39. The van der Waals surface area contributed by atoms with Crippen LogP contribution in [0.15, 0.2) is 24.3 Å². The molecule has 0 bridgehead atoms. The number of aliphatic carboxylic acids is 1. The van der Waals surface area contributed by atoms with Crippen molar-refractivity contribution >= 4 is 12.0 Å². The van der Waals surface area contributed by atoms with E-state index in [0.29, 0.717) is 11.3 Å². The van der Waals surface area contributed by atoms with Gasteiger partial charge in [-0.25, -0.2) is 4.79 Å². The average Bonchev–Trinajstić information content (AvgIpc) is 2.60. The first-order chi connectivity index (χ1) is 11.9. The molecule has 0 amide bonds. The first kappa shape index (κ1) is 19.2. The molecule has 25 heavy (non-hydrogen) atoms. The molecule has 1 aromatic carbocycles. The molecular formula is C16H20O9. The van der Waals surface area contributed by atoms with E-state index < -0.39 is 43.3 Å². The highest BCUT2D eigenvalue weighted by atomic mass is 16.7. The minimum atomic E-state index is -1.58. The fourth-order valence-corrected chi connectivity index (χ4v) is 2.33. The number of aliphatic hydroxyl groups excluding tert-OH is 4. The predicted molar refractivity (Wildman–Crippen MR) is 84.1 cm³/mol. The largest absolute Gasteiger partial charge is 0.497 e. The van der Waals surface area contributed by atoms with Gasteiger partial charge in [0.2, 0.25) is 6.29 Å². The van der Waals surface area contributed by atoms with Crippen molar-refractivity contribution < 1.29 is 44.5 Å². The highest BCUT2D eigenvalue weighted by molar-refractivity contribution is 5.86. The molecule has 5 atom stereocenters. The maximum Gasteiger partial charge on any atom is 0.328 e. The van der Waals surface area contributed by atoms with Gasteiger partial charge in [-0.15, -0.1) is 0 Å². The van der Waals surface area contributed by atoms with Gasteiger partial charge in [-0.05, 0) is 18.2 Å². The van der Waals surface area contributed by atoms with Gasteiger partial charge in [0.05, 0.1) is 13.7 Å². The molecule has 1 unspecified atom stereocenters. The minimum Gasteiger partial charge on any atom is -0.497 e. The predicted octanol–water partition coefficient (Wildman–Crippen LogP) is -1.03. The Morgan fingerprint density at radius 2 is 1.96 bits per heavy atom. The van der Waals surface area contributed by atoms with Crippen LogP contribution in [-0.2, 0) is 9.53 Å². The van der Waals surface area contributed by atoms with Crippen LogP contribution in [-0.4, -0.2) is 75.9 Å². The van der Waals surface area contributed by atoms with Crippen LogP contribution in [0.1, 0.15) is 5.56 Å². The molecule has 0 saturated carbocycles. The van der Waals surface area contributed by atoms with E-state index >= 15 is 0 Å². The topological polar surface area (TPSA) is 146 Å². The molecule has 0 aromatic heterocycles. The Morgan fingerprint density at radius 1 is 1.24 bits per heavy atom. The lowest BCUT2D eigenvalue weighted by Gasteiger charge is -2.39. The number of carbonyl (C=O) groups is 1. The van der Waals surface area contributed by atoms with Crippen LogP contribution in [0.25, 0.3) is 6.08 Å². The van der Waals surface area contributed by atoms with E-state index in [9.17, 15) is 25.2 Å². The van der Waals surface area contributed by atoms with Crippen molar-refractivity contribution in [1.82, 2.24) is 0 Å². The number of hydrogen-bond acceptors (Lipinski definition) is 8. The SMILES string of the molecule is COc1ccc(/C=C/C(=O)O)c(OC2O[C@H](CO)[C@@H](O)[C@H](O)[C@H]2O)c1. The molecule has 1 aromatic rings. The minimum absolute atomic E-state index is 0.126. The zero-order valence-corrected chi connectivity index (χ0v) is 13.3. The molecule has 0 spiro atoms. The third-order valence-electron chi connectivity index (χ3n) is 3.72. The Labute approximate surface area is 143 Å². The number of benzene rings is 1. The lowest BCUT2D eigenvalue weighted by Crippen LogP contribution is -2.60. The van der Waals surface area contributed by atoms with E-state index in [0.717, 1.165) is 6.08 Å². The molecule has 1 aliphatic heterocycles. The van der Waals surface area contributed by atoms with Gasteiger partial charge < -0.3 is 39.7 Å². The Morgan fingerprint density at radius 3 is 2.56 bits per heavy atom. The first-order valence-electron chi connectivity index (χ1n) is 7.43. The zero-order chi connectivity index (χ0) is 18.6. The number of carboxylic acids is 1. The summed E-state index contributed by atoms with van der Waals surface area (Å²) in [5.74, 6) is -0.622. The van der Waals surface area contributed by atoms with E-state index in [1.165, 1.54) is 25.3 Å². The first-order valence-corrected chi connectivity index (χ1v) is 7.43. The summed E-state index contributed by atoms with van der Waals surface area (Å²) < 4.78 is 15.9. The van der Waals surface area contributed by atoms with Crippen LogP contribution in [0, 0.1) is 0 Å². The fourth-order valence-electron chi connectivity index (χ4n) is 2.33. The van der Waals surface area contributed by atoms with Gasteiger partial charge >= 0.3 is 5.97 Å². The van der Waals surface area contributed by atoms with Crippen molar-refractivity contribution in [3.8, 4) is 11.5 Å². The third-order valence-corrected chi connectivity index (χ3v) is 3.72. The molecule has 0 radical (unpaired) electrons. The number of ether oxygens (including phenoxy) is 3.